The highest BCUT2D eigenvalue weighted by molar-refractivity contribution is 5.88. The second-order valence-electron chi connectivity index (χ2n) is 11.3. The Kier molecular flexibility index (Phi) is 10.3. The maximum absolute atomic E-state index is 15.4. The summed E-state index contributed by atoms with van der Waals surface area (Å²) in [6.07, 6.45) is -4.74. The molecule has 0 aliphatic heterocycles. The minimum absolute atomic E-state index is 0.00755. The fourth-order valence-electron chi connectivity index (χ4n) is 5.30. The Hall–Kier alpha value is -5.23. The average Bonchev–Trinajstić information content (AvgIpc) is 3.01. The summed E-state index contributed by atoms with van der Waals surface area (Å²) >= 11 is 0. The van der Waals surface area contributed by atoms with Crippen molar-refractivity contribution in [1.82, 2.24) is 0 Å². The molecule has 0 heterocycles. The van der Waals surface area contributed by atoms with Crippen LogP contribution in [0.15, 0.2) is 60.7 Å². The van der Waals surface area contributed by atoms with Gasteiger partial charge in [-0.1, -0.05) is 56.1 Å². The van der Waals surface area contributed by atoms with E-state index in [2.05, 4.69) is 23.5 Å². The summed E-state index contributed by atoms with van der Waals surface area (Å²) in [4.78, 5) is 0. The van der Waals surface area contributed by atoms with Crippen LogP contribution in [0.5, 0.6) is 5.75 Å². The molecule has 0 unspecified atom stereocenters. The predicted molar refractivity (Wildman–Crippen MR) is 165 cm³/mol. The summed E-state index contributed by atoms with van der Waals surface area (Å²) in [7, 11) is 0. The number of hydrogen-bond acceptors (Lipinski definition) is 1. The third kappa shape index (κ3) is 7.97. The first-order chi connectivity index (χ1) is 23.6. The van der Waals surface area contributed by atoms with E-state index in [1.165, 1.54) is 5.92 Å². The van der Waals surface area contributed by atoms with Crippen molar-refractivity contribution in [3.8, 4) is 29.4 Å². The summed E-state index contributed by atoms with van der Waals surface area (Å²) in [6.45, 7) is 2.12. The molecule has 12 heteroatoms. The van der Waals surface area contributed by atoms with Crippen molar-refractivity contribution in [2.24, 2.45) is 0 Å². The predicted octanol–water partition coefficient (Wildman–Crippen LogP) is 11.4. The van der Waals surface area contributed by atoms with E-state index in [4.69, 9.17) is 0 Å². The Morgan fingerprint density at radius 2 is 1.22 bits per heavy atom. The molecule has 0 spiro atoms. The molecule has 0 saturated carbocycles. The van der Waals surface area contributed by atoms with E-state index in [-0.39, 0.29) is 11.6 Å². The van der Waals surface area contributed by atoms with Gasteiger partial charge in [0.05, 0.1) is 16.3 Å². The number of fused-ring (bicyclic) bond motifs is 2. The second kappa shape index (κ2) is 14.3. The van der Waals surface area contributed by atoms with Crippen molar-refractivity contribution < 1.29 is 53.0 Å². The zero-order valence-electron chi connectivity index (χ0n) is 25.9. The molecule has 0 atom stereocenters. The molecule has 0 bridgehead atoms. The molecular formula is C38H23F11O. The normalized spacial score (nSPS) is 11.7. The van der Waals surface area contributed by atoms with Gasteiger partial charge in [0.1, 0.15) is 40.4 Å². The van der Waals surface area contributed by atoms with Gasteiger partial charge in [-0.15, -0.1) is 0 Å². The first-order valence-electron chi connectivity index (χ1n) is 15.1. The molecule has 0 radical (unpaired) electrons. The van der Waals surface area contributed by atoms with Gasteiger partial charge < -0.3 is 4.74 Å². The highest BCUT2D eigenvalue weighted by Gasteiger charge is 2.42. The molecule has 5 aromatic rings. The Morgan fingerprint density at radius 3 is 1.90 bits per heavy atom. The van der Waals surface area contributed by atoms with Crippen LogP contribution in [-0.2, 0) is 12.5 Å². The number of aryl methyl sites for hydroxylation is 1. The lowest BCUT2D eigenvalue weighted by atomic mass is 10.0. The molecule has 0 fully saturated rings. The van der Waals surface area contributed by atoms with Crippen molar-refractivity contribution >= 4 is 21.5 Å². The van der Waals surface area contributed by atoms with Gasteiger partial charge in [-0.25, -0.2) is 26.3 Å². The first kappa shape index (κ1) is 36.1. The van der Waals surface area contributed by atoms with Gasteiger partial charge in [0, 0.05) is 23.1 Å². The molecule has 0 amide bonds. The first-order valence-corrected chi connectivity index (χ1v) is 15.1. The number of benzene rings is 5. The molecule has 5 rings (SSSR count). The zero-order chi connectivity index (χ0) is 36.4. The summed E-state index contributed by atoms with van der Waals surface area (Å²) in [6, 6.07) is 10.6. The van der Waals surface area contributed by atoms with E-state index >= 15 is 22.0 Å². The fraction of sp³-hybridized carbons (Fsp3) is 0.211. The molecule has 5 aromatic carbocycles. The minimum Gasteiger partial charge on any atom is -0.429 e. The van der Waals surface area contributed by atoms with E-state index in [1.807, 2.05) is 12.1 Å². The van der Waals surface area contributed by atoms with Crippen LogP contribution in [0.4, 0.5) is 48.3 Å². The lowest BCUT2D eigenvalue weighted by molar-refractivity contribution is -0.189. The van der Waals surface area contributed by atoms with Crippen LogP contribution in [0.2, 0.25) is 0 Å². The van der Waals surface area contributed by atoms with Gasteiger partial charge in [-0.05, 0) is 71.6 Å². The number of hydrogen-bond donors (Lipinski definition) is 0. The minimum atomic E-state index is -5.14. The van der Waals surface area contributed by atoms with Gasteiger partial charge in [-0.3, -0.25) is 0 Å². The highest BCUT2D eigenvalue weighted by atomic mass is 19.4. The van der Waals surface area contributed by atoms with Crippen LogP contribution >= 0.6 is 0 Å². The largest absolute Gasteiger partial charge is 0.458 e. The summed E-state index contributed by atoms with van der Waals surface area (Å²) < 4.78 is 162. The maximum atomic E-state index is 15.4. The molecule has 258 valence electrons. The van der Waals surface area contributed by atoms with E-state index in [1.54, 1.807) is 12.1 Å². The molecule has 1 nitrogen and oxygen atoms in total. The van der Waals surface area contributed by atoms with Gasteiger partial charge in [0.25, 0.3) is 0 Å². The third-order valence-electron chi connectivity index (χ3n) is 7.63. The standard InChI is InChI=1S/C38H23F11O/c1-2-3-4-5-6-21-7-9-22(10-8-21)11-12-23-15-24-19-31(42)34(36(44)33(24)29(40)16-23)38(48,49)50-26-17-25-18-28(39)27(13-14-37(45,46)47)35(43)32(25)30(41)20-26/h7-10,15-20H,2-6H2,1H3. The lowest BCUT2D eigenvalue weighted by Crippen LogP contribution is -2.25. The number of unbranched alkanes of at least 4 members (excludes halogenated alkanes) is 3. The van der Waals surface area contributed by atoms with Crippen molar-refractivity contribution in [2.45, 2.75) is 51.3 Å². The summed E-state index contributed by atoms with van der Waals surface area (Å²) in [5.74, 6) is -4.34. The van der Waals surface area contributed by atoms with E-state index in [0.717, 1.165) is 49.8 Å². The van der Waals surface area contributed by atoms with Crippen molar-refractivity contribution in [2.75, 3.05) is 0 Å². The fourth-order valence-corrected chi connectivity index (χ4v) is 5.30. The number of ether oxygens (including phenoxy) is 1. The van der Waals surface area contributed by atoms with Crippen LogP contribution < -0.4 is 4.74 Å². The van der Waals surface area contributed by atoms with Crippen LogP contribution in [0.1, 0.15) is 60.4 Å². The smallest absolute Gasteiger partial charge is 0.429 e. The Balaban J connectivity index is 1.43. The van der Waals surface area contributed by atoms with Crippen LogP contribution in [0.3, 0.4) is 0 Å². The zero-order valence-corrected chi connectivity index (χ0v) is 25.9. The van der Waals surface area contributed by atoms with Crippen molar-refractivity contribution in [3.05, 3.63) is 123 Å². The SMILES string of the molecule is CCCCCCc1ccc(C#Cc2cc(F)c3c(F)c(C(F)(F)Oc4cc(F)c5c(F)c(C#CC(F)(F)F)c(F)cc5c4)c(F)cc3c2)cc1. The van der Waals surface area contributed by atoms with Gasteiger partial charge >= 0.3 is 12.3 Å². The maximum Gasteiger partial charge on any atom is 0.458 e. The Labute approximate surface area is 278 Å². The second-order valence-corrected chi connectivity index (χ2v) is 11.3. The molecule has 0 aromatic heterocycles. The Morgan fingerprint density at radius 1 is 0.600 bits per heavy atom. The quantitative estimate of drug-likeness (QED) is 0.0888. The summed E-state index contributed by atoms with van der Waals surface area (Å²) in [5, 5.41) is -3.38. The highest BCUT2D eigenvalue weighted by Crippen LogP contribution is 2.40. The molecule has 0 N–H and O–H groups in total. The van der Waals surface area contributed by atoms with Gasteiger partial charge in [0.2, 0.25) is 0 Å². The number of rotatable bonds is 8. The molecule has 0 aliphatic rings. The summed E-state index contributed by atoms with van der Waals surface area (Å²) in [5.41, 5.74) is -1.79. The van der Waals surface area contributed by atoms with E-state index in [0.29, 0.717) is 29.7 Å². The monoisotopic (exact) mass is 704 g/mol. The number of halogens is 11. The topological polar surface area (TPSA) is 9.23 Å². The molecule has 0 saturated heterocycles. The van der Waals surface area contributed by atoms with Crippen molar-refractivity contribution in [3.63, 3.8) is 0 Å². The van der Waals surface area contributed by atoms with Crippen molar-refractivity contribution in [1.29, 1.82) is 0 Å². The molecule has 50 heavy (non-hydrogen) atoms. The number of alkyl halides is 5. The Bertz CT molecular complexity index is 2220. The lowest BCUT2D eigenvalue weighted by Gasteiger charge is -2.21. The molecular weight excluding hydrogens is 681 g/mol. The third-order valence-corrected chi connectivity index (χ3v) is 7.63. The van der Waals surface area contributed by atoms with E-state index in [9.17, 15) is 26.3 Å². The van der Waals surface area contributed by atoms with E-state index < -0.39 is 85.6 Å². The van der Waals surface area contributed by atoms with Gasteiger partial charge in [-0.2, -0.15) is 22.0 Å². The van der Waals surface area contributed by atoms with Crippen LogP contribution in [0, 0.1) is 58.6 Å². The van der Waals surface area contributed by atoms with Crippen LogP contribution in [0.25, 0.3) is 21.5 Å². The molecule has 0 aliphatic carbocycles. The average molecular weight is 705 g/mol. The van der Waals surface area contributed by atoms with Crippen LogP contribution in [-0.4, -0.2) is 6.18 Å². The van der Waals surface area contributed by atoms with Gasteiger partial charge in [0.15, 0.2) is 5.82 Å².